The molecule has 18 heavy (non-hydrogen) atoms. The molecule has 1 aliphatic heterocycles. The van der Waals surface area contributed by atoms with E-state index in [1.165, 1.54) is 0 Å². The zero-order chi connectivity index (χ0) is 12.5. The molecule has 1 aromatic rings. The molecule has 1 N–H and O–H groups in total. The quantitative estimate of drug-likeness (QED) is 0.846. The van der Waals surface area contributed by atoms with Crippen LogP contribution in [0.4, 0.5) is 0 Å². The Morgan fingerprint density at radius 2 is 2.22 bits per heavy atom. The Balaban J connectivity index is 1.62. The summed E-state index contributed by atoms with van der Waals surface area (Å²) in [5.41, 5.74) is 0. The van der Waals surface area contributed by atoms with E-state index >= 15 is 0 Å². The van der Waals surface area contributed by atoms with Crippen molar-refractivity contribution in [3.63, 3.8) is 0 Å². The topological polar surface area (TPSA) is 62.6 Å². The lowest BCUT2D eigenvalue weighted by Crippen LogP contribution is -2.59. The second kappa shape index (κ2) is 4.48. The molecule has 1 aromatic heterocycles. The minimum absolute atomic E-state index is 0.0501. The van der Waals surface area contributed by atoms with E-state index in [9.17, 15) is 9.59 Å². The fraction of sp³-hybridized carbons (Fsp3) is 0.538. The largest absolute Gasteiger partial charge is 0.469 e. The number of hydrogen-bond acceptors (Lipinski definition) is 3. The van der Waals surface area contributed by atoms with Gasteiger partial charge in [-0.05, 0) is 30.9 Å². The monoisotopic (exact) mass is 248 g/mol. The number of rotatable bonds is 4. The lowest BCUT2D eigenvalue weighted by Gasteiger charge is -2.32. The summed E-state index contributed by atoms with van der Waals surface area (Å²) in [5.74, 6) is 1.21. The molecule has 5 nitrogen and oxygen atoms in total. The zero-order valence-corrected chi connectivity index (χ0v) is 10.1. The van der Waals surface area contributed by atoms with Gasteiger partial charge < -0.3 is 14.6 Å². The van der Waals surface area contributed by atoms with Crippen molar-refractivity contribution in [2.24, 2.45) is 5.92 Å². The van der Waals surface area contributed by atoms with Gasteiger partial charge in [0, 0.05) is 13.0 Å². The Morgan fingerprint density at radius 1 is 1.39 bits per heavy atom. The first-order valence-electron chi connectivity index (χ1n) is 6.34. The lowest BCUT2D eigenvalue weighted by molar-refractivity contribution is -0.144. The summed E-state index contributed by atoms with van der Waals surface area (Å²) < 4.78 is 5.23. The van der Waals surface area contributed by atoms with Gasteiger partial charge in [0.15, 0.2) is 0 Å². The molecule has 3 rings (SSSR count). The van der Waals surface area contributed by atoms with Gasteiger partial charge in [-0.2, -0.15) is 0 Å². The van der Waals surface area contributed by atoms with Gasteiger partial charge in [-0.15, -0.1) is 0 Å². The number of nitrogens with zero attached hydrogens (tertiary/aromatic N) is 1. The fourth-order valence-electron chi connectivity index (χ4n) is 2.37. The minimum atomic E-state index is -0.289. The lowest BCUT2D eigenvalue weighted by atomic mass is 10.1. The SMILES string of the molecule is O=C1CN(CCc2ccco2)C(=O)C(C2CC2)N1. The zero-order valence-electron chi connectivity index (χ0n) is 10.1. The molecule has 1 saturated carbocycles. The smallest absolute Gasteiger partial charge is 0.245 e. The van der Waals surface area contributed by atoms with E-state index in [4.69, 9.17) is 4.42 Å². The Morgan fingerprint density at radius 3 is 2.89 bits per heavy atom. The van der Waals surface area contributed by atoms with Crippen LogP contribution in [0.1, 0.15) is 18.6 Å². The number of piperazine rings is 1. The number of nitrogens with one attached hydrogen (secondary N) is 1. The molecule has 96 valence electrons. The first-order valence-corrected chi connectivity index (χ1v) is 6.34. The average molecular weight is 248 g/mol. The van der Waals surface area contributed by atoms with Crippen molar-refractivity contribution in [3.05, 3.63) is 24.2 Å². The maximum atomic E-state index is 12.2. The summed E-state index contributed by atoms with van der Waals surface area (Å²) >= 11 is 0. The maximum Gasteiger partial charge on any atom is 0.245 e. The van der Waals surface area contributed by atoms with Crippen LogP contribution in [0.5, 0.6) is 0 Å². The van der Waals surface area contributed by atoms with Crippen LogP contribution in [-0.4, -0.2) is 35.8 Å². The predicted molar refractivity (Wildman–Crippen MR) is 63.6 cm³/mol. The van der Waals surface area contributed by atoms with E-state index in [0.29, 0.717) is 18.9 Å². The molecule has 0 bridgehead atoms. The van der Waals surface area contributed by atoms with Gasteiger partial charge in [-0.3, -0.25) is 9.59 Å². The maximum absolute atomic E-state index is 12.2. The highest BCUT2D eigenvalue weighted by Crippen LogP contribution is 2.34. The predicted octanol–water partition coefficient (Wildman–Crippen LogP) is 0.559. The second-order valence-electron chi connectivity index (χ2n) is 4.97. The van der Waals surface area contributed by atoms with Crippen molar-refractivity contribution in [1.82, 2.24) is 10.2 Å². The first-order chi connectivity index (χ1) is 8.74. The summed E-state index contributed by atoms with van der Waals surface area (Å²) in [6, 6.07) is 3.42. The highest BCUT2D eigenvalue weighted by Gasteiger charge is 2.42. The van der Waals surface area contributed by atoms with Crippen molar-refractivity contribution < 1.29 is 14.0 Å². The number of furan rings is 1. The Kier molecular flexibility index (Phi) is 2.81. The van der Waals surface area contributed by atoms with Crippen molar-refractivity contribution >= 4 is 11.8 Å². The molecule has 1 saturated heterocycles. The van der Waals surface area contributed by atoms with Crippen LogP contribution < -0.4 is 5.32 Å². The van der Waals surface area contributed by atoms with E-state index in [-0.39, 0.29) is 24.4 Å². The third-order valence-electron chi connectivity index (χ3n) is 3.53. The van der Waals surface area contributed by atoms with Gasteiger partial charge in [-0.1, -0.05) is 0 Å². The van der Waals surface area contributed by atoms with Crippen LogP contribution in [0.3, 0.4) is 0 Å². The molecule has 1 aliphatic carbocycles. The molecule has 1 atom stereocenters. The number of hydrogen-bond donors (Lipinski definition) is 1. The molecule has 2 amide bonds. The van der Waals surface area contributed by atoms with Crippen molar-refractivity contribution in [2.45, 2.75) is 25.3 Å². The van der Waals surface area contributed by atoms with E-state index in [0.717, 1.165) is 18.6 Å². The summed E-state index contributed by atoms with van der Waals surface area (Å²) in [7, 11) is 0. The molecule has 2 aliphatic rings. The van der Waals surface area contributed by atoms with Gasteiger partial charge in [-0.25, -0.2) is 0 Å². The van der Waals surface area contributed by atoms with Crippen LogP contribution >= 0.6 is 0 Å². The molecular weight excluding hydrogens is 232 g/mol. The molecule has 0 spiro atoms. The Bertz CT molecular complexity index is 451. The van der Waals surface area contributed by atoms with Crippen LogP contribution in [0.2, 0.25) is 0 Å². The number of amides is 2. The molecule has 2 fully saturated rings. The van der Waals surface area contributed by atoms with Crippen molar-refractivity contribution in [2.75, 3.05) is 13.1 Å². The third-order valence-corrected chi connectivity index (χ3v) is 3.53. The van der Waals surface area contributed by atoms with Crippen LogP contribution in [-0.2, 0) is 16.0 Å². The summed E-state index contributed by atoms with van der Waals surface area (Å²) in [6.07, 6.45) is 4.36. The van der Waals surface area contributed by atoms with Gasteiger partial charge in [0.05, 0.1) is 12.8 Å². The molecular formula is C13H16N2O3. The minimum Gasteiger partial charge on any atom is -0.469 e. The van der Waals surface area contributed by atoms with Gasteiger partial charge in [0.2, 0.25) is 11.8 Å². The Labute approximate surface area is 105 Å². The van der Waals surface area contributed by atoms with Crippen molar-refractivity contribution in [1.29, 1.82) is 0 Å². The highest BCUT2D eigenvalue weighted by atomic mass is 16.3. The molecule has 5 heteroatoms. The normalized spacial score (nSPS) is 24.2. The fourth-order valence-corrected chi connectivity index (χ4v) is 2.37. The van der Waals surface area contributed by atoms with Crippen LogP contribution in [0, 0.1) is 5.92 Å². The number of carbonyl (C=O) groups is 2. The summed E-state index contributed by atoms with van der Waals surface area (Å²) in [6.45, 7) is 0.714. The second-order valence-corrected chi connectivity index (χ2v) is 4.97. The summed E-state index contributed by atoms with van der Waals surface area (Å²) in [4.78, 5) is 25.4. The van der Waals surface area contributed by atoms with Gasteiger partial charge in [0.1, 0.15) is 11.8 Å². The molecule has 0 radical (unpaired) electrons. The van der Waals surface area contributed by atoms with E-state index in [1.54, 1.807) is 11.2 Å². The van der Waals surface area contributed by atoms with Crippen LogP contribution in [0.25, 0.3) is 0 Å². The standard InChI is InChI=1S/C13H16N2O3/c16-11-8-15(6-5-10-2-1-7-18-10)13(17)12(14-11)9-3-4-9/h1-2,7,9,12H,3-6,8H2,(H,14,16). The average Bonchev–Trinajstić information content (AvgIpc) is 3.06. The van der Waals surface area contributed by atoms with Crippen LogP contribution in [0.15, 0.2) is 22.8 Å². The van der Waals surface area contributed by atoms with E-state index in [1.807, 2.05) is 12.1 Å². The van der Waals surface area contributed by atoms with E-state index in [2.05, 4.69) is 5.32 Å². The first kappa shape index (κ1) is 11.3. The highest BCUT2D eigenvalue weighted by molar-refractivity contribution is 5.95. The van der Waals surface area contributed by atoms with Crippen molar-refractivity contribution in [3.8, 4) is 0 Å². The molecule has 0 aromatic carbocycles. The van der Waals surface area contributed by atoms with E-state index < -0.39 is 0 Å². The molecule has 2 heterocycles. The van der Waals surface area contributed by atoms with Gasteiger partial charge >= 0.3 is 0 Å². The van der Waals surface area contributed by atoms with Gasteiger partial charge in [0.25, 0.3) is 0 Å². The third kappa shape index (κ3) is 2.25. The summed E-state index contributed by atoms with van der Waals surface area (Å²) in [5, 5.41) is 2.80. The molecule has 1 unspecified atom stereocenters. The number of carbonyl (C=O) groups excluding carboxylic acids is 2. The Hall–Kier alpha value is -1.78.